The first-order valence-electron chi connectivity index (χ1n) is 2.86. The molecule has 0 unspecified atom stereocenters. The normalized spacial score (nSPS) is 16.2. The summed E-state index contributed by atoms with van der Waals surface area (Å²) in [6.45, 7) is 6.97. The van der Waals surface area contributed by atoms with Crippen LogP contribution in [0.25, 0.3) is 0 Å². The number of hydrogen-bond acceptors (Lipinski definition) is 2. The summed E-state index contributed by atoms with van der Waals surface area (Å²) in [5.74, 6) is 0. The second-order valence-corrected chi connectivity index (χ2v) is 1.78. The highest BCUT2D eigenvalue weighted by molar-refractivity contribution is 4.97. The number of aliphatic hydroxyl groups excluding tert-OH is 1. The minimum absolute atomic E-state index is 0.0810. The van der Waals surface area contributed by atoms with Crippen LogP contribution in [0.1, 0.15) is 0 Å². The van der Waals surface area contributed by atoms with Crippen LogP contribution < -0.4 is 5.32 Å². The molecule has 0 aliphatic heterocycles. The van der Waals surface area contributed by atoms with E-state index in [0.29, 0.717) is 0 Å². The van der Waals surface area contributed by atoms with Crippen LogP contribution in [-0.4, -0.2) is 24.3 Å². The predicted octanol–water partition coefficient (Wildman–Crippen LogP) is 0.307. The standard InChI is InChI=1S/C7H13NO/c1-4-6(8-3)7(9)5-2/h4-9H,1-2H2,3H3/t6-,7+/m0/s1. The zero-order valence-electron chi connectivity index (χ0n) is 5.67. The highest BCUT2D eigenvalue weighted by Gasteiger charge is 2.07. The second-order valence-electron chi connectivity index (χ2n) is 1.78. The number of hydrogen-bond donors (Lipinski definition) is 2. The van der Waals surface area contributed by atoms with Gasteiger partial charge in [0.1, 0.15) is 0 Å². The lowest BCUT2D eigenvalue weighted by atomic mass is 10.1. The highest BCUT2D eigenvalue weighted by atomic mass is 16.3. The third-order valence-electron chi connectivity index (χ3n) is 1.20. The Morgan fingerprint density at radius 2 is 2.00 bits per heavy atom. The first kappa shape index (κ1) is 8.40. The van der Waals surface area contributed by atoms with Crippen LogP contribution in [0.2, 0.25) is 0 Å². The molecule has 0 saturated heterocycles. The van der Waals surface area contributed by atoms with Gasteiger partial charge in [0.15, 0.2) is 0 Å². The van der Waals surface area contributed by atoms with E-state index < -0.39 is 6.10 Å². The molecule has 0 heterocycles. The summed E-state index contributed by atoms with van der Waals surface area (Å²) in [4.78, 5) is 0. The van der Waals surface area contributed by atoms with Gasteiger partial charge in [-0.2, -0.15) is 0 Å². The molecule has 2 nitrogen and oxygen atoms in total. The third-order valence-corrected chi connectivity index (χ3v) is 1.20. The van der Waals surface area contributed by atoms with Gasteiger partial charge in [0, 0.05) is 0 Å². The summed E-state index contributed by atoms with van der Waals surface area (Å²) >= 11 is 0. The molecule has 0 spiro atoms. The van der Waals surface area contributed by atoms with E-state index in [9.17, 15) is 0 Å². The quantitative estimate of drug-likeness (QED) is 0.533. The van der Waals surface area contributed by atoms with Gasteiger partial charge in [0.05, 0.1) is 12.1 Å². The monoisotopic (exact) mass is 127 g/mol. The third kappa shape index (κ3) is 2.44. The maximum atomic E-state index is 9.07. The van der Waals surface area contributed by atoms with E-state index in [1.807, 2.05) is 0 Å². The van der Waals surface area contributed by atoms with E-state index in [2.05, 4.69) is 18.5 Å². The Balaban J connectivity index is 3.77. The van der Waals surface area contributed by atoms with Crippen LogP contribution in [0.15, 0.2) is 25.3 Å². The Morgan fingerprint density at radius 1 is 1.44 bits per heavy atom. The van der Waals surface area contributed by atoms with Crippen molar-refractivity contribution in [3.8, 4) is 0 Å². The second kappa shape index (κ2) is 4.30. The maximum Gasteiger partial charge on any atom is 0.0906 e. The van der Waals surface area contributed by atoms with E-state index in [0.717, 1.165) is 0 Å². The zero-order chi connectivity index (χ0) is 7.28. The molecule has 0 fully saturated rings. The fourth-order valence-electron chi connectivity index (χ4n) is 0.575. The topological polar surface area (TPSA) is 32.3 Å². The van der Waals surface area contributed by atoms with Crippen molar-refractivity contribution >= 4 is 0 Å². The van der Waals surface area contributed by atoms with E-state index in [-0.39, 0.29) is 6.04 Å². The Bertz CT molecular complexity index is 101. The lowest BCUT2D eigenvalue weighted by Crippen LogP contribution is -2.33. The number of rotatable bonds is 4. The summed E-state index contributed by atoms with van der Waals surface area (Å²) in [6.07, 6.45) is 2.59. The molecule has 0 aromatic carbocycles. The zero-order valence-corrected chi connectivity index (χ0v) is 5.67. The Kier molecular flexibility index (Phi) is 4.01. The van der Waals surface area contributed by atoms with Gasteiger partial charge in [-0.05, 0) is 7.05 Å². The molecule has 0 amide bonds. The minimum Gasteiger partial charge on any atom is -0.387 e. The molecule has 2 N–H and O–H groups in total. The summed E-state index contributed by atoms with van der Waals surface area (Å²) < 4.78 is 0. The van der Waals surface area contributed by atoms with Crippen molar-refractivity contribution in [3.05, 3.63) is 25.3 Å². The molecule has 0 aliphatic carbocycles. The largest absolute Gasteiger partial charge is 0.387 e. The van der Waals surface area contributed by atoms with Gasteiger partial charge < -0.3 is 10.4 Å². The maximum absolute atomic E-state index is 9.07. The summed E-state index contributed by atoms with van der Waals surface area (Å²) in [6, 6.07) is -0.0810. The molecule has 0 rings (SSSR count). The van der Waals surface area contributed by atoms with E-state index in [1.165, 1.54) is 6.08 Å². The first-order valence-corrected chi connectivity index (χ1v) is 2.86. The number of aliphatic hydroxyl groups is 1. The SMILES string of the molecule is C=C[C@@H](O)[C@H](C=C)NC. The Morgan fingerprint density at radius 3 is 2.11 bits per heavy atom. The van der Waals surface area contributed by atoms with Crippen molar-refractivity contribution in [1.29, 1.82) is 0 Å². The van der Waals surface area contributed by atoms with Crippen molar-refractivity contribution < 1.29 is 5.11 Å². The molecule has 52 valence electrons. The Hall–Kier alpha value is -0.600. The van der Waals surface area contributed by atoms with Crippen molar-refractivity contribution in [2.75, 3.05) is 7.05 Å². The highest BCUT2D eigenvalue weighted by Crippen LogP contribution is 1.93. The van der Waals surface area contributed by atoms with Gasteiger partial charge in [0.2, 0.25) is 0 Å². The molecular weight excluding hydrogens is 114 g/mol. The molecule has 0 aliphatic rings. The molecule has 0 saturated carbocycles. The lowest BCUT2D eigenvalue weighted by Gasteiger charge is -2.14. The van der Waals surface area contributed by atoms with Gasteiger partial charge in [-0.1, -0.05) is 12.2 Å². The van der Waals surface area contributed by atoms with Crippen molar-refractivity contribution in [2.24, 2.45) is 0 Å². The number of likely N-dealkylation sites (N-methyl/N-ethyl adjacent to an activating group) is 1. The predicted molar refractivity (Wildman–Crippen MR) is 39.2 cm³/mol. The van der Waals surface area contributed by atoms with Crippen LogP contribution >= 0.6 is 0 Å². The van der Waals surface area contributed by atoms with E-state index in [4.69, 9.17) is 5.11 Å². The smallest absolute Gasteiger partial charge is 0.0906 e. The van der Waals surface area contributed by atoms with Crippen LogP contribution in [0.3, 0.4) is 0 Å². The summed E-state index contributed by atoms with van der Waals surface area (Å²) in [5.41, 5.74) is 0. The van der Waals surface area contributed by atoms with Gasteiger partial charge >= 0.3 is 0 Å². The van der Waals surface area contributed by atoms with Gasteiger partial charge in [-0.3, -0.25) is 0 Å². The molecule has 9 heavy (non-hydrogen) atoms. The van der Waals surface area contributed by atoms with Crippen LogP contribution in [0, 0.1) is 0 Å². The van der Waals surface area contributed by atoms with Gasteiger partial charge in [-0.25, -0.2) is 0 Å². The van der Waals surface area contributed by atoms with Crippen molar-refractivity contribution in [2.45, 2.75) is 12.1 Å². The molecule has 0 bridgehead atoms. The fraction of sp³-hybridized carbons (Fsp3) is 0.429. The lowest BCUT2D eigenvalue weighted by molar-refractivity contribution is 0.196. The van der Waals surface area contributed by atoms with Crippen LogP contribution in [0.5, 0.6) is 0 Å². The van der Waals surface area contributed by atoms with Crippen LogP contribution in [-0.2, 0) is 0 Å². The van der Waals surface area contributed by atoms with Gasteiger partial charge in [-0.15, -0.1) is 13.2 Å². The molecule has 0 aromatic rings. The molecule has 2 atom stereocenters. The Labute approximate surface area is 55.9 Å². The van der Waals surface area contributed by atoms with Crippen molar-refractivity contribution in [3.63, 3.8) is 0 Å². The summed E-state index contributed by atoms with van der Waals surface area (Å²) in [5, 5.41) is 11.9. The molecule has 2 heteroatoms. The summed E-state index contributed by atoms with van der Waals surface area (Å²) in [7, 11) is 1.76. The van der Waals surface area contributed by atoms with E-state index in [1.54, 1.807) is 13.1 Å². The van der Waals surface area contributed by atoms with E-state index >= 15 is 0 Å². The molecular formula is C7H13NO. The fourth-order valence-corrected chi connectivity index (χ4v) is 0.575. The van der Waals surface area contributed by atoms with Gasteiger partial charge in [0.25, 0.3) is 0 Å². The number of nitrogens with one attached hydrogen (secondary N) is 1. The molecule has 0 radical (unpaired) electrons. The first-order chi connectivity index (χ1) is 4.26. The minimum atomic E-state index is -0.535. The molecule has 0 aromatic heterocycles. The van der Waals surface area contributed by atoms with Crippen molar-refractivity contribution in [1.82, 2.24) is 5.32 Å². The van der Waals surface area contributed by atoms with Crippen LogP contribution in [0.4, 0.5) is 0 Å². The average molecular weight is 127 g/mol. The average Bonchev–Trinajstić information content (AvgIpc) is 1.90.